The molecule has 1 heterocycles. The molecule has 21 heavy (non-hydrogen) atoms. The van der Waals surface area contributed by atoms with Crippen molar-refractivity contribution in [1.29, 1.82) is 0 Å². The van der Waals surface area contributed by atoms with Crippen molar-refractivity contribution in [1.82, 2.24) is 4.90 Å². The molecule has 0 unspecified atom stereocenters. The Kier molecular flexibility index (Phi) is 4.86. The van der Waals surface area contributed by atoms with Gasteiger partial charge in [-0.3, -0.25) is 9.59 Å². The second-order valence-electron chi connectivity index (χ2n) is 6.49. The monoisotopic (exact) mass is 301 g/mol. The normalized spacial score (nSPS) is 18.8. The highest BCUT2D eigenvalue weighted by atomic mass is 16.7. The molecule has 0 aliphatic carbocycles. The number of esters is 2. The van der Waals surface area contributed by atoms with Crippen molar-refractivity contribution in [2.24, 2.45) is 5.92 Å². The number of hydrogen-bond donors (Lipinski definition) is 0. The molecular weight excluding hydrogens is 278 g/mol. The van der Waals surface area contributed by atoms with Gasteiger partial charge in [0.25, 0.3) is 5.79 Å². The zero-order valence-electron chi connectivity index (χ0n) is 13.4. The van der Waals surface area contributed by atoms with E-state index in [2.05, 4.69) is 0 Å². The van der Waals surface area contributed by atoms with Crippen molar-refractivity contribution in [3.8, 4) is 0 Å². The van der Waals surface area contributed by atoms with Crippen LogP contribution < -0.4 is 0 Å². The zero-order chi connectivity index (χ0) is 16.4. The van der Waals surface area contributed by atoms with Crippen molar-refractivity contribution in [2.75, 3.05) is 13.6 Å². The molecule has 0 spiro atoms. The molecule has 0 aromatic rings. The molecule has 120 valence electrons. The smallest absolute Gasteiger partial charge is 0.410 e. The Morgan fingerprint density at radius 2 is 1.71 bits per heavy atom. The Hall–Kier alpha value is -1.79. The van der Waals surface area contributed by atoms with Crippen molar-refractivity contribution in [2.45, 2.75) is 52.4 Å². The predicted octanol–water partition coefficient (Wildman–Crippen LogP) is 1.70. The van der Waals surface area contributed by atoms with Crippen LogP contribution in [0.25, 0.3) is 0 Å². The molecule has 0 radical (unpaired) electrons. The van der Waals surface area contributed by atoms with Crippen LogP contribution in [0.2, 0.25) is 0 Å². The maximum Gasteiger partial charge on any atom is 0.410 e. The fraction of sp³-hybridized carbons (Fsp3) is 0.786. The summed E-state index contributed by atoms with van der Waals surface area (Å²) in [6.45, 7) is 8.45. The quantitative estimate of drug-likeness (QED) is 0.583. The molecule has 1 amide bonds. The van der Waals surface area contributed by atoms with Gasteiger partial charge in [0.15, 0.2) is 5.92 Å². The molecule has 0 saturated carbocycles. The van der Waals surface area contributed by atoms with E-state index in [9.17, 15) is 14.4 Å². The number of ether oxygens (including phenoxy) is 3. The van der Waals surface area contributed by atoms with E-state index in [0.717, 1.165) is 0 Å². The lowest BCUT2D eigenvalue weighted by molar-refractivity contribution is -0.240. The van der Waals surface area contributed by atoms with Gasteiger partial charge in [0.05, 0.1) is 0 Å². The first-order chi connectivity index (χ1) is 9.41. The summed E-state index contributed by atoms with van der Waals surface area (Å²) in [5.41, 5.74) is -0.599. The Bertz CT molecular complexity index is 417. The van der Waals surface area contributed by atoms with E-state index in [-0.39, 0.29) is 13.0 Å². The lowest BCUT2D eigenvalue weighted by Gasteiger charge is -2.33. The van der Waals surface area contributed by atoms with Crippen LogP contribution in [0.15, 0.2) is 0 Å². The van der Waals surface area contributed by atoms with E-state index in [0.29, 0.717) is 0 Å². The molecule has 7 nitrogen and oxygen atoms in total. The first-order valence-corrected chi connectivity index (χ1v) is 6.81. The lowest BCUT2D eigenvalue weighted by atomic mass is 10.0. The summed E-state index contributed by atoms with van der Waals surface area (Å²) >= 11 is 0. The minimum absolute atomic E-state index is 0.128. The molecule has 0 aromatic heterocycles. The van der Waals surface area contributed by atoms with Crippen molar-refractivity contribution in [3.63, 3.8) is 0 Å². The second-order valence-corrected chi connectivity index (χ2v) is 6.49. The Morgan fingerprint density at radius 1 is 1.24 bits per heavy atom. The SMILES string of the molecule is CN(CCC1C(=O)OC(C)(C)OC1=O)C(=O)OC(C)(C)C. The van der Waals surface area contributed by atoms with Crippen molar-refractivity contribution < 1.29 is 28.6 Å². The minimum atomic E-state index is -1.23. The number of cyclic esters (lactones) is 2. The molecule has 0 bridgehead atoms. The fourth-order valence-corrected chi connectivity index (χ4v) is 1.73. The maximum absolute atomic E-state index is 11.8. The predicted molar refractivity (Wildman–Crippen MR) is 73.2 cm³/mol. The maximum atomic E-state index is 11.8. The third-order valence-electron chi connectivity index (χ3n) is 2.72. The van der Waals surface area contributed by atoms with Crippen LogP contribution in [0, 0.1) is 5.92 Å². The van der Waals surface area contributed by atoms with E-state index < -0.39 is 35.3 Å². The summed E-state index contributed by atoms with van der Waals surface area (Å²) in [7, 11) is 1.54. The van der Waals surface area contributed by atoms with Crippen LogP contribution >= 0.6 is 0 Å². The van der Waals surface area contributed by atoms with Gasteiger partial charge in [0, 0.05) is 27.4 Å². The second kappa shape index (κ2) is 5.91. The van der Waals surface area contributed by atoms with Gasteiger partial charge in [-0.05, 0) is 27.2 Å². The van der Waals surface area contributed by atoms with Crippen LogP contribution in [0.4, 0.5) is 4.79 Å². The van der Waals surface area contributed by atoms with Gasteiger partial charge in [-0.25, -0.2) is 4.79 Å². The van der Waals surface area contributed by atoms with Crippen molar-refractivity contribution in [3.05, 3.63) is 0 Å². The lowest BCUT2D eigenvalue weighted by Crippen LogP contribution is -2.47. The van der Waals surface area contributed by atoms with E-state index in [1.807, 2.05) is 0 Å². The average molecular weight is 301 g/mol. The van der Waals surface area contributed by atoms with Crippen LogP contribution in [-0.4, -0.2) is 47.9 Å². The van der Waals surface area contributed by atoms with E-state index >= 15 is 0 Å². The zero-order valence-corrected chi connectivity index (χ0v) is 13.4. The molecule has 0 atom stereocenters. The van der Waals surface area contributed by atoms with Crippen molar-refractivity contribution >= 4 is 18.0 Å². The summed E-state index contributed by atoms with van der Waals surface area (Å²) in [6.07, 6.45) is -0.385. The minimum Gasteiger partial charge on any atom is -0.444 e. The van der Waals surface area contributed by atoms with E-state index in [1.165, 1.54) is 25.8 Å². The van der Waals surface area contributed by atoms with Gasteiger partial charge >= 0.3 is 18.0 Å². The van der Waals surface area contributed by atoms with Crippen LogP contribution in [0.1, 0.15) is 41.0 Å². The molecule has 7 heteroatoms. The fourth-order valence-electron chi connectivity index (χ4n) is 1.73. The first kappa shape index (κ1) is 17.3. The molecular formula is C14H23NO6. The summed E-state index contributed by atoms with van der Waals surface area (Å²) in [4.78, 5) is 36.6. The standard InChI is InChI=1S/C14H23NO6/c1-13(2,3)21-12(18)15(6)8-7-9-10(16)19-14(4,5)20-11(9)17/h9H,7-8H2,1-6H3. The molecule has 1 aliphatic heterocycles. The van der Waals surface area contributed by atoms with Gasteiger partial charge in [-0.1, -0.05) is 0 Å². The average Bonchev–Trinajstić information content (AvgIpc) is 2.23. The van der Waals surface area contributed by atoms with E-state index in [1.54, 1.807) is 20.8 Å². The van der Waals surface area contributed by atoms with Gasteiger partial charge in [-0.2, -0.15) is 0 Å². The molecule has 0 N–H and O–H groups in total. The molecule has 1 fully saturated rings. The van der Waals surface area contributed by atoms with E-state index in [4.69, 9.17) is 14.2 Å². The topological polar surface area (TPSA) is 82.1 Å². The van der Waals surface area contributed by atoms with Gasteiger partial charge in [-0.15, -0.1) is 0 Å². The Morgan fingerprint density at radius 3 is 2.14 bits per heavy atom. The number of rotatable bonds is 3. The van der Waals surface area contributed by atoms with Crippen LogP contribution in [0.3, 0.4) is 0 Å². The molecule has 1 saturated heterocycles. The van der Waals surface area contributed by atoms with Gasteiger partial charge < -0.3 is 19.1 Å². The summed E-state index contributed by atoms with van der Waals surface area (Å²) in [5.74, 6) is -3.51. The number of carbonyl (C=O) groups is 3. The summed E-state index contributed by atoms with van der Waals surface area (Å²) in [6, 6.07) is 0. The summed E-state index contributed by atoms with van der Waals surface area (Å²) < 4.78 is 15.2. The molecule has 0 aromatic carbocycles. The van der Waals surface area contributed by atoms with Gasteiger partial charge in [0.1, 0.15) is 5.60 Å². The molecule has 1 rings (SSSR count). The van der Waals surface area contributed by atoms with Crippen LogP contribution in [-0.2, 0) is 23.8 Å². The highest BCUT2D eigenvalue weighted by molar-refractivity contribution is 5.96. The number of carbonyl (C=O) groups excluding carboxylic acids is 3. The molecule has 1 aliphatic rings. The van der Waals surface area contributed by atoms with Gasteiger partial charge in [0.2, 0.25) is 0 Å². The Balaban J connectivity index is 2.53. The number of nitrogens with zero attached hydrogens (tertiary/aromatic N) is 1. The number of hydrogen-bond acceptors (Lipinski definition) is 6. The highest BCUT2D eigenvalue weighted by Gasteiger charge is 2.43. The van der Waals surface area contributed by atoms with Crippen LogP contribution in [0.5, 0.6) is 0 Å². The Labute approximate surface area is 124 Å². The largest absolute Gasteiger partial charge is 0.444 e. The first-order valence-electron chi connectivity index (χ1n) is 6.81. The third-order valence-corrected chi connectivity index (χ3v) is 2.72. The highest BCUT2D eigenvalue weighted by Crippen LogP contribution is 2.25. The summed E-state index contributed by atoms with van der Waals surface area (Å²) in [5, 5.41) is 0. The third kappa shape index (κ3) is 5.24. The number of amides is 1.